The van der Waals surface area contributed by atoms with Gasteiger partial charge in [-0.25, -0.2) is 0 Å². The van der Waals surface area contributed by atoms with Crippen molar-refractivity contribution in [1.82, 2.24) is 0 Å². The van der Waals surface area contributed by atoms with Crippen molar-refractivity contribution < 1.29 is 4.79 Å². The molecule has 0 radical (unpaired) electrons. The second kappa shape index (κ2) is 3.74. The Balaban J connectivity index is 1.74. The van der Waals surface area contributed by atoms with Crippen molar-refractivity contribution in [3.63, 3.8) is 0 Å². The normalized spacial score (nSPS) is 31.9. The molecule has 2 aliphatic rings. The van der Waals surface area contributed by atoms with Crippen molar-refractivity contribution in [3.05, 3.63) is 15.8 Å². The number of carbonyl (C=O) groups is 1. The van der Waals surface area contributed by atoms with Crippen LogP contribution in [0.1, 0.15) is 32.1 Å². The molecule has 1 heterocycles. The largest absolute Gasteiger partial charge is 0.325 e. The maximum Gasteiger partial charge on any atom is 0.230 e. The third-order valence-corrected chi connectivity index (χ3v) is 5.14. The Morgan fingerprint density at radius 3 is 2.75 bits per heavy atom. The van der Waals surface area contributed by atoms with Crippen molar-refractivity contribution in [3.8, 4) is 0 Å². The molecule has 0 saturated heterocycles. The van der Waals surface area contributed by atoms with Gasteiger partial charge < -0.3 is 5.32 Å². The average Bonchev–Trinajstić information content (AvgIpc) is 2.94. The minimum absolute atomic E-state index is 0.0565. The molecule has 4 heteroatoms. The number of anilines is 1. The van der Waals surface area contributed by atoms with E-state index in [1.807, 2.05) is 11.4 Å². The van der Waals surface area contributed by atoms with E-state index < -0.39 is 0 Å². The number of rotatable bonds is 2. The van der Waals surface area contributed by atoms with E-state index in [0.29, 0.717) is 0 Å². The van der Waals surface area contributed by atoms with Crippen molar-refractivity contribution in [2.24, 2.45) is 11.3 Å². The van der Waals surface area contributed by atoms with E-state index in [9.17, 15) is 4.79 Å². The Morgan fingerprint density at radius 2 is 2.25 bits per heavy atom. The fraction of sp³-hybridized carbons (Fsp3) is 0.583. The Morgan fingerprint density at radius 1 is 1.50 bits per heavy atom. The SMILES string of the molecule is O=C(Nc1csc(Cl)c1)C12CCC(CC1)C2. The van der Waals surface area contributed by atoms with Gasteiger partial charge in [0.1, 0.15) is 0 Å². The molecule has 0 aliphatic heterocycles. The van der Waals surface area contributed by atoms with E-state index in [-0.39, 0.29) is 11.3 Å². The fourth-order valence-electron chi connectivity index (χ4n) is 3.15. The molecule has 0 atom stereocenters. The minimum atomic E-state index is -0.0565. The van der Waals surface area contributed by atoms with E-state index in [2.05, 4.69) is 5.32 Å². The van der Waals surface area contributed by atoms with Crippen LogP contribution >= 0.6 is 22.9 Å². The average molecular weight is 256 g/mol. The van der Waals surface area contributed by atoms with E-state index in [4.69, 9.17) is 11.6 Å². The van der Waals surface area contributed by atoms with Crippen LogP contribution in [-0.2, 0) is 4.79 Å². The lowest BCUT2D eigenvalue weighted by Crippen LogP contribution is -2.32. The number of fused-ring (bicyclic) bond motifs is 2. The molecule has 1 N–H and O–H groups in total. The molecule has 0 aromatic carbocycles. The molecule has 3 rings (SSSR count). The lowest BCUT2D eigenvalue weighted by molar-refractivity contribution is -0.125. The van der Waals surface area contributed by atoms with Crippen LogP contribution in [0.25, 0.3) is 0 Å². The highest BCUT2D eigenvalue weighted by Gasteiger charge is 2.49. The van der Waals surface area contributed by atoms with Crippen LogP contribution in [0, 0.1) is 11.3 Å². The van der Waals surface area contributed by atoms with Gasteiger partial charge in [-0.15, -0.1) is 11.3 Å². The maximum absolute atomic E-state index is 12.3. The van der Waals surface area contributed by atoms with Crippen LogP contribution < -0.4 is 5.32 Å². The van der Waals surface area contributed by atoms with Crippen LogP contribution in [-0.4, -0.2) is 5.91 Å². The zero-order valence-electron chi connectivity index (χ0n) is 8.96. The van der Waals surface area contributed by atoms with Gasteiger partial charge in [0.05, 0.1) is 10.0 Å². The molecule has 1 amide bonds. The van der Waals surface area contributed by atoms with Crippen LogP contribution in [0.3, 0.4) is 0 Å². The maximum atomic E-state index is 12.3. The number of carbonyl (C=O) groups excluding carboxylic acids is 1. The third kappa shape index (κ3) is 1.66. The van der Waals surface area contributed by atoms with Gasteiger partial charge in [0.25, 0.3) is 0 Å². The highest BCUT2D eigenvalue weighted by atomic mass is 35.5. The number of hydrogen-bond donors (Lipinski definition) is 1. The Labute approximate surface area is 104 Å². The Hall–Kier alpha value is -0.540. The highest BCUT2D eigenvalue weighted by molar-refractivity contribution is 7.14. The smallest absolute Gasteiger partial charge is 0.230 e. The Kier molecular flexibility index (Phi) is 2.48. The zero-order chi connectivity index (χ0) is 11.2. The first-order valence-electron chi connectivity index (χ1n) is 5.73. The van der Waals surface area contributed by atoms with Gasteiger partial charge >= 0.3 is 0 Å². The fourth-order valence-corrected chi connectivity index (χ4v) is 3.96. The summed E-state index contributed by atoms with van der Waals surface area (Å²) in [4.78, 5) is 12.3. The second-order valence-electron chi connectivity index (χ2n) is 5.02. The predicted octanol–water partition coefficient (Wildman–Crippen LogP) is 3.92. The molecule has 2 nitrogen and oxygen atoms in total. The highest BCUT2D eigenvalue weighted by Crippen LogP contribution is 2.54. The summed E-state index contributed by atoms with van der Waals surface area (Å²) in [5.74, 6) is 1.01. The first-order valence-corrected chi connectivity index (χ1v) is 6.99. The van der Waals surface area contributed by atoms with Crippen LogP contribution in [0.2, 0.25) is 4.34 Å². The summed E-state index contributed by atoms with van der Waals surface area (Å²) in [6.45, 7) is 0. The third-order valence-electron chi connectivity index (χ3n) is 4.05. The molecule has 2 aliphatic carbocycles. The van der Waals surface area contributed by atoms with Crippen molar-refractivity contribution in [2.45, 2.75) is 32.1 Å². The van der Waals surface area contributed by atoms with Crippen molar-refractivity contribution in [1.29, 1.82) is 0 Å². The van der Waals surface area contributed by atoms with Crippen molar-refractivity contribution in [2.75, 3.05) is 5.32 Å². The molecule has 0 spiro atoms. The summed E-state index contributed by atoms with van der Waals surface area (Å²) < 4.78 is 0.725. The van der Waals surface area contributed by atoms with Crippen LogP contribution in [0.15, 0.2) is 11.4 Å². The molecule has 2 bridgehead atoms. The summed E-state index contributed by atoms with van der Waals surface area (Å²) in [7, 11) is 0. The summed E-state index contributed by atoms with van der Waals surface area (Å²) in [6, 6.07) is 1.82. The first kappa shape index (κ1) is 10.6. The molecular weight excluding hydrogens is 242 g/mol. The molecule has 0 unspecified atom stereocenters. The van der Waals surface area contributed by atoms with E-state index in [0.717, 1.165) is 35.2 Å². The van der Waals surface area contributed by atoms with Gasteiger partial charge in [0.15, 0.2) is 0 Å². The number of nitrogens with one attached hydrogen (secondary N) is 1. The quantitative estimate of drug-likeness (QED) is 0.853. The number of amides is 1. The minimum Gasteiger partial charge on any atom is -0.325 e. The molecule has 2 saturated carbocycles. The monoisotopic (exact) mass is 255 g/mol. The predicted molar refractivity (Wildman–Crippen MR) is 67.0 cm³/mol. The van der Waals surface area contributed by atoms with E-state index in [1.54, 1.807) is 0 Å². The second-order valence-corrected chi connectivity index (χ2v) is 6.56. The number of hydrogen-bond acceptors (Lipinski definition) is 2. The van der Waals surface area contributed by atoms with Gasteiger partial charge in [-0.1, -0.05) is 11.6 Å². The molecule has 86 valence electrons. The summed E-state index contributed by atoms with van der Waals surface area (Å²) in [5, 5.41) is 4.91. The van der Waals surface area contributed by atoms with Crippen molar-refractivity contribution >= 4 is 34.5 Å². The first-order chi connectivity index (χ1) is 7.68. The van der Waals surface area contributed by atoms with Gasteiger partial charge in [-0.05, 0) is 44.1 Å². The lowest BCUT2D eigenvalue weighted by Gasteiger charge is -2.24. The Bertz CT molecular complexity index is 420. The molecule has 16 heavy (non-hydrogen) atoms. The number of halogens is 1. The van der Waals surface area contributed by atoms with Crippen LogP contribution in [0.4, 0.5) is 5.69 Å². The van der Waals surface area contributed by atoms with Gasteiger partial charge in [-0.2, -0.15) is 0 Å². The summed E-state index contributed by atoms with van der Waals surface area (Å²) >= 11 is 7.30. The zero-order valence-corrected chi connectivity index (χ0v) is 10.5. The molecule has 1 aromatic heterocycles. The number of thiophene rings is 1. The van der Waals surface area contributed by atoms with Gasteiger partial charge in [0, 0.05) is 10.8 Å². The standard InChI is InChI=1S/C12H14ClNOS/c13-10-5-9(7-16-10)14-11(15)12-3-1-8(6-12)2-4-12/h5,7-8H,1-4,6H2,(H,14,15). The van der Waals surface area contributed by atoms with Crippen LogP contribution in [0.5, 0.6) is 0 Å². The van der Waals surface area contributed by atoms with E-state index in [1.165, 1.54) is 24.2 Å². The molecule has 2 fully saturated rings. The summed E-state index contributed by atoms with van der Waals surface area (Å²) in [6.07, 6.45) is 5.70. The topological polar surface area (TPSA) is 29.1 Å². The van der Waals surface area contributed by atoms with Gasteiger partial charge in [-0.3, -0.25) is 4.79 Å². The van der Waals surface area contributed by atoms with Gasteiger partial charge in [0.2, 0.25) is 5.91 Å². The summed E-state index contributed by atoms with van der Waals surface area (Å²) in [5.41, 5.74) is 0.795. The molecular formula is C12H14ClNOS. The molecule has 1 aromatic rings. The van der Waals surface area contributed by atoms with E-state index >= 15 is 0 Å². The lowest BCUT2D eigenvalue weighted by atomic mass is 9.83.